The molecule has 2 heterocycles. The van der Waals surface area contributed by atoms with Gasteiger partial charge in [-0.2, -0.15) is 0 Å². The lowest BCUT2D eigenvalue weighted by Gasteiger charge is -2.37. The van der Waals surface area contributed by atoms with E-state index in [-0.39, 0.29) is 12.2 Å². The number of morpholine rings is 1. The van der Waals surface area contributed by atoms with E-state index in [0.717, 1.165) is 19.5 Å². The summed E-state index contributed by atoms with van der Waals surface area (Å²) in [4.78, 5) is 3.48. The average Bonchev–Trinajstić information content (AvgIpc) is 2.91. The number of aliphatic hydroxyl groups excluding tert-OH is 1. The quantitative estimate of drug-likeness (QED) is 0.837. The van der Waals surface area contributed by atoms with Crippen molar-refractivity contribution in [3.05, 3.63) is 22.4 Å². The summed E-state index contributed by atoms with van der Waals surface area (Å²) in [7, 11) is 0. The van der Waals surface area contributed by atoms with Gasteiger partial charge in [-0.3, -0.25) is 4.90 Å². The number of ether oxygens (including phenoxy) is 2. The monoisotopic (exact) mass is 299 g/mol. The Kier molecular flexibility index (Phi) is 6.45. The second-order valence-corrected chi connectivity index (χ2v) is 6.48. The van der Waals surface area contributed by atoms with E-state index in [1.165, 1.54) is 4.88 Å². The van der Waals surface area contributed by atoms with Crippen LogP contribution in [0.15, 0.2) is 17.5 Å². The van der Waals surface area contributed by atoms with E-state index in [1.54, 1.807) is 11.3 Å². The minimum absolute atomic E-state index is 0.243. The number of hydrogen-bond donors (Lipinski definition) is 1. The molecule has 1 N–H and O–H groups in total. The highest BCUT2D eigenvalue weighted by molar-refractivity contribution is 7.09. The smallest absolute Gasteiger partial charge is 0.0900 e. The van der Waals surface area contributed by atoms with Gasteiger partial charge in [-0.15, -0.1) is 11.3 Å². The van der Waals surface area contributed by atoms with Crippen LogP contribution in [0, 0.1) is 0 Å². The van der Waals surface area contributed by atoms with Gasteiger partial charge in [-0.1, -0.05) is 13.0 Å². The maximum absolute atomic E-state index is 10.1. The van der Waals surface area contributed by atoms with Gasteiger partial charge in [0.05, 0.1) is 31.5 Å². The lowest BCUT2D eigenvalue weighted by molar-refractivity contribution is -0.0905. The maximum Gasteiger partial charge on any atom is 0.0900 e. The van der Waals surface area contributed by atoms with Crippen molar-refractivity contribution in [2.24, 2.45) is 0 Å². The van der Waals surface area contributed by atoms with Gasteiger partial charge in [0.25, 0.3) is 0 Å². The summed E-state index contributed by atoms with van der Waals surface area (Å²) >= 11 is 1.68. The van der Waals surface area contributed by atoms with Gasteiger partial charge in [-0.05, 0) is 24.8 Å². The number of β-amino-alcohol motifs (C(OH)–C–C–N with tert-alkyl or cyclic N) is 1. The number of nitrogens with zero attached hydrogens (tertiary/aromatic N) is 1. The van der Waals surface area contributed by atoms with E-state index < -0.39 is 6.10 Å². The molecule has 4 nitrogen and oxygen atoms in total. The highest BCUT2D eigenvalue weighted by Crippen LogP contribution is 2.14. The largest absolute Gasteiger partial charge is 0.389 e. The second-order valence-electron chi connectivity index (χ2n) is 5.44. The van der Waals surface area contributed by atoms with Crippen LogP contribution in [-0.4, -0.2) is 54.6 Å². The van der Waals surface area contributed by atoms with Crippen molar-refractivity contribution in [2.75, 3.05) is 26.2 Å². The fraction of sp³-hybridized carbons (Fsp3) is 0.733. The Bertz CT molecular complexity index is 371. The number of rotatable bonds is 7. The van der Waals surface area contributed by atoms with Crippen molar-refractivity contribution < 1.29 is 14.6 Å². The van der Waals surface area contributed by atoms with E-state index in [2.05, 4.69) is 18.7 Å². The molecule has 1 aliphatic heterocycles. The predicted octanol–water partition coefficient (Wildman–Crippen LogP) is 2.12. The summed E-state index contributed by atoms with van der Waals surface area (Å²) in [6.07, 6.45) is 1.12. The Hall–Kier alpha value is -0.460. The van der Waals surface area contributed by atoms with Crippen LogP contribution in [0.4, 0.5) is 0 Å². The van der Waals surface area contributed by atoms with Crippen molar-refractivity contribution in [1.82, 2.24) is 4.90 Å². The molecule has 1 aromatic heterocycles. The van der Waals surface area contributed by atoms with Crippen LogP contribution in [0.2, 0.25) is 0 Å². The minimum Gasteiger partial charge on any atom is -0.389 e. The topological polar surface area (TPSA) is 41.9 Å². The van der Waals surface area contributed by atoms with Crippen LogP contribution in [0.5, 0.6) is 0 Å². The van der Waals surface area contributed by atoms with Crippen molar-refractivity contribution in [2.45, 2.75) is 45.2 Å². The molecular weight excluding hydrogens is 274 g/mol. The third kappa shape index (κ3) is 5.14. The summed E-state index contributed by atoms with van der Waals surface area (Å²) in [6, 6.07) is 4.06. The summed E-state index contributed by atoms with van der Waals surface area (Å²) in [5, 5.41) is 12.1. The van der Waals surface area contributed by atoms with Gasteiger partial charge in [-0.25, -0.2) is 0 Å². The molecule has 20 heavy (non-hydrogen) atoms. The molecule has 0 aromatic carbocycles. The SMILES string of the molecule is CCC1CN(CC(O)COCc2cccs2)CC(C)O1. The molecule has 114 valence electrons. The Morgan fingerprint density at radius 3 is 3.10 bits per heavy atom. The molecule has 1 saturated heterocycles. The molecule has 0 aliphatic carbocycles. The number of thiophene rings is 1. The molecule has 0 saturated carbocycles. The zero-order valence-electron chi connectivity index (χ0n) is 12.3. The zero-order valence-corrected chi connectivity index (χ0v) is 13.1. The van der Waals surface area contributed by atoms with Crippen molar-refractivity contribution in [3.63, 3.8) is 0 Å². The average molecular weight is 299 g/mol. The Morgan fingerprint density at radius 1 is 1.55 bits per heavy atom. The first-order valence-corrected chi connectivity index (χ1v) is 8.21. The summed E-state index contributed by atoms with van der Waals surface area (Å²) in [6.45, 7) is 7.66. The highest BCUT2D eigenvalue weighted by atomic mass is 32.1. The van der Waals surface area contributed by atoms with Crippen molar-refractivity contribution >= 4 is 11.3 Å². The van der Waals surface area contributed by atoms with Crippen LogP contribution >= 0.6 is 11.3 Å². The predicted molar refractivity (Wildman–Crippen MR) is 81.0 cm³/mol. The molecule has 1 fully saturated rings. The van der Waals surface area contributed by atoms with Crippen molar-refractivity contribution in [3.8, 4) is 0 Å². The molecule has 3 unspecified atom stereocenters. The van der Waals surface area contributed by atoms with E-state index in [9.17, 15) is 5.11 Å². The normalized spacial score (nSPS) is 25.8. The first kappa shape index (κ1) is 15.9. The van der Waals surface area contributed by atoms with Gasteiger partial charge in [0.1, 0.15) is 0 Å². The molecule has 3 atom stereocenters. The third-order valence-corrected chi connectivity index (χ3v) is 4.31. The van der Waals surface area contributed by atoms with Crippen LogP contribution in [-0.2, 0) is 16.1 Å². The Morgan fingerprint density at radius 2 is 2.40 bits per heavy atom. The summed E-state index contributed by atoms with van der Waals surface area (Å²) < 4.78 is 11.4. The van der Waals surface area contributed by atoms with Gasteiger partial charge < -0.3 is 14.6 Å². The van der Waals surface area contributed by atoms with E-state index in [4.69, 9.17) is 9.47 Å². The standard InChI is InChI=1S/C15H25NO3S/c1-3-14-9-16(7-12(2)19-14)8-13(17)10-18-11-15-5-4-6-20-15/h4-6,12-14,17H,3,7-11H2,1-2H3. The van der Waals surface area contributed by atoms with E-state index >= 15 is 0 Å². The van der Waals surface area contributed by atoms with E-state index in [0.29, 0.717) is 19.8 Å². The Labute approximate surface area is 125 Å². The van der Waals surface area contributed by atoms with Crippen LogP contribution in [0.3, 0.4) is 0 Å². The molecular formula is C15H25NO3S. The van der Waals surface area contributed by atoms with Crippen LogP contribution in [0.1, 0.15) is 25.1 Å². The van der Waals surface area contributed by atoms with Crippen molar-refractivity contribution in [1.29, 1.82) is 0 Å². The van der Waals surface area contributed by atoms with Crippen LogP contribution in [0.25, 0.3) is 0 Å². The minimum atomic E-state index is -0.433. The first-order valence-electron chi connectivity index (χ1n) is 7.33. The van der Waals surface area contributed by atoms with Gasteiger partial charge >= 0.3 is 0 Å². The molecule has 1 aliphatic rings. The molecule has 5 heteroatoms. The molecule has 1 aromatic rings. The third-order valence-electron chi connectivity index (χ3n) is 3.46. The highest BCUT2D eigenvalue weighted by Gasteiger charge is 2.25. The maximum atomic E-state index is 10.1. The fourth-order valence-electron chi connectivity index (χ4n) is 2.56. The summed E-state index contributed by atoms with van der Waals surface area (Å²) in [5.41, 5.74) is 0. The van der Waals surface area contributed by atoms with Gasteiger partial charge in [0.2, 0.25) is 0 Å². The van der Waals surface area contributed by atoms with Gasteiger partial charge in [0.15, 0.2) is 0 Å². The molecule has 0 radical (unpaired) electrons. The lowest BCUT2D eigenvalue weighted by Crippen LogP contribution is -2.49. The van der Waals surface area contributed by atoms with E-state index in [1.807, 2.05) is 17.5 Å². The van der Waals surface area contributed by atoms with Gasteiger partial charge in [0, 0.05) is 24.5 Å². The molecule has 0 bridgehead atoms. The second kappa shape index (κ2) is 8.10. The molecule has 0 amide bonds. The molecule has 2 rings (SSSR count). The number of hydrogen-bond acceptors (Lipinski definition) is 5. The zero-order chi connectivity index (χ0) is 14.4. The Balaban J connectivity index is 1.66. The number of aliphatic hydroxyl groups is 1. The van der Waals surface area contributed by atoms with Crippen LogP contribution < -0.4 is 0 Å². The fourth-order valence-corrected chi connectivity index (χ4v) is 3.20. The lowest BCUT2D eigenvalue weighted by atomic mass is 10.1. The summed E-state index contributed by atoms with van der Waals surface area (Å²) in [5.74, 6) is 0. The molecule has 0 spiro atoms. The first-order chi connectivity index (χ1) is 9.67.